The summed E-state index contributed by atoms with van der Waals surface area (Å²) < 4.78 is 38.9. The van der Waals surface area contributed by atoms with Crippen LogP contribution in [0, 0.1) is 0 Å². The first-order valence-corrected chi connectivity index (χ1v) is 6.52. The third-order valence-corrected chi connectivity index (χ3v) is 4.14. The van der Waals surface area contributed by atoms with Crippen LogP contribution in [0.25, 0.3) is 0 Å². The van der Waals surface area contributed by atoms with Gasteiger partial charge in [0.05, 0.1) is 10.4 Å². The summed E-state index contributed by atoms with van der Waals surface area (Å²) in [7, 11) is 0. The molecule has 18 heavy (non-hydrogen) atoms. The SMILES string of the molecule is O=C(c1ccccc1C(F)(F)F)c1sccc1Br. The van der Waals surface area contributed by atoms with Gasteiger partial charge in [-0.3, -0.25) is 4.79 Å². The van der Waals surface area contributed by atoms with Crippen molar-refractivity contribution in [2.75, 3.05) is 0 Å². The van der Waals surface area contributed by atoms with Gasteiger partial charge in [0.2, 0.25) is 5.78 Å². The Morgan fingerprint density at radius 1 is 1.17 bits per heavy atom. The molecule has 0 radical (unpaired) electrons. The fourth-order valence-corrected chi connectivity index (χ4v) is 3.01. The van der Waals surface area contributed by atoms with E-state index in [2.05, 4.69) is 15.9 Å². The minimum Gasteiger partial charge on any atom is -0.288 e. The summed E-state index contributed by atoms with van der Waals surface area (Å²) in [5.41, 5.74) is -1.23. The number of benzene rings is 1. The van der Waals surface area contributed by atoms with Crippen LogP contribution in [0.5, 0.6) is 0 Å². The smallest absolute Gasteiger partial charge is 0.288 e. The lowest BCUT2D eigenvalue weighted by Gasteiger charge is -2.11. The van der Waals surface area contributed by atoms with E-state index in [9.17, 15) is 18.0 Å². The number of hydrogen-bond donors (Lipinski definition) is 0. The van der Waals surface area contributed by atoms with Crippen LogP contribution in [0.4, 0.5) is 13.2 Å². The Morgan fingerprint density at radius 2 is 1.83 bits per heavy atom. The van der Waals surface area contributed by atoms with Crippen LogP contribution in [-0.2, 0) is 6.18 Å². The van der Waals surface area contributed by atoms with Crippen molar-refractivity contribution >= 4 is 33.0 Å². The Balaban J connectivity index is 2.53. The molecule has 2 rings (SSSR count). The average Bonchev–Trinajstić information content (AvgIpc) is 2.73. The summed E-state index contributed by atoms with van der Waals surface area (Å²) in [6.07, 6.45) is -4.53. The van der Waals surface area contributed by atoms with Gasteiger partial charge in [-0.15, -0.1) is 11.3 Å². The molecule has 2 aromatic rings. The molecule has 0 aliphatic rings. The summed E-state index contributed by atoms with van der Waals surface area (Å²) >= 11 is 4.26. The van der Waals surface area contributed by atoms with E-state index >= 15 is 0 Å². The summed E-state index contributed by atoms with van der Waals surface area (Å²) in [5, 5.41) is 1.65. The van der Waals surface area contributed by atoms with Crippen LogP contribution >= 0.6 is 27.3 Å². The molecule has 0 saturated heterocycles. The number of thiophene rings is 1. The Bertz CT molecular complexity index is 589. The fraction of sp³-hybridized carbons (Fsp3) is 0.0833. The Labute approximate surface area is 113 Å². The number of halogens is 4. The zero-order chi connectivity index (χ0) is 13.3. The minimum atomic E-state index is -4.53. The van der Waals surface area contributed by atoms with Crippen molar-refractivity contribution < 1.29 is 18.0 Å². The van der Waals surface area contributed by atoms with Gasteiger partial charge in [-0.2, -0.15) is 13.2 Å². The fourth-order valence-electron chi connectivity index (χ4n) is 1.51. The van der Waals surface area contributed by atoms with Crippen LogP contribution in [0.1, 0.15) is 20.8 Å². The molecule has 0 bridgehead atoms. The average molecular weight is 335 g/mol. The van der Waals surface area contributed by atoms with Gasteiger partial charge in [-0.25, -0.2) is 0 Å². The molecule has 0 aliphatic heterocycles. The lowest BCUT2D eigenvalue weighted by molar-refractivity contribution is -0.137. The second-order valence-electron chi connectivity index (χ2n) is 3.47. The Morgan fingerprint density at radius 3 is 2.39 bits per heavy atom. The maximum atomic E-state index is 12.8. The summed E-state index contributed by atoms with van der Waals surface area (Å²) in [6, 6.07) is 6.42. The summed E-state index contributed by atoms with van der Waals surface area (Å²) in [5.74, 6) is -0.621. The minimum absolute atomic E-state index is 0.270. The van der Waals surface area contributed by atoms with E-state index < -0.39 is 17.5 Å². The first kappa shape index (κ1) is 13.3. The standard InChI is InChI=1S/C12H6BrF3OS/c13-9-5-6-18-11(9)10(17)7-3-1-2-4-8(7)12(14,15)16/h1-6H. The second kappa shape index (κ2) is 4.85. The van der Waals surface area contributed by atoms with Crippen molar-refractivity contribution in [2.45, 2.75) is 6.18 Å². The number of ketones is 1. The molecule has 0 spiro atoms. The molecule has 0 aliphatic carbocycles. The van der Waals surface area contributed by atoms with Gasteiger partial charge in [0, 0.05) is 10.0 Å². The molecule has 1 aromatic heterocycles. The van der Waals surface area contributed by atoms with Crippen LogP contribution in [0.2, 0.25) is 0 Å². The van der Waals surface area contributed by atoms with E-state index in [1.807, 2.05) is 0 Å². The summed E-state index contributed by atoms with van der Waals surface area (Å²) in [4.78, 5) is 12.3. The van der Waals surface area contributed by atoms with E-state index in [0.717, 1.165) is 17.4 Å². The van der Waals surface area contributed by atoms with Gasteiger partial charge < -0.3 is 0 Å². The number of carbonyl (C=O) groups is 1. The molecule has 1 aromatic carbocycles. The van der Waals surface area contributed by atoms with Gasteiger partial charge in [-0.1, -0.05) is 18.2 Å². The molecule has 0 fully saturated rings. The molecule has 94 valence electrons. The topological polar surface area (TPSA) is 17.1 Å². The van der Waals surface area contributed by atoms with E-state index in [-0.39, 0.29) is 10.4 Å². The number of carbonyl (C=O) groups excluding carboxylic acids is 1. The first-order chi connectivity index (χ1) is 8.41. The van der Waals surface area contributed by atoms with Crippen molar-refractivity contribution in [3.8, 4) is 0 Å². The normalized spacial score (nSPS) is 11.6. The highest BCUT2D eigenvalue weighted by molar-refractivity contribution is 9.10. The quantitative estimate of drug-likeness (QED) is 0.723. The van der Waals surface area contributed by atoms with Crippen molar-refractivity contribution in [3.63, 3.8) is 0 Å². The van der Waals surface area contributed by atoms with Crippen molar-refractivity contribution in [1.82, 2.24) is 0 Å². The maximum absolute atomic E-state index is 12.8. The molecule has 1 heterocycles. The lowest BCUT2D eigenvalue weighted by atomic mass is 10.0. The Kier molecular flexibility index (Phi) is 3.59. The van der Waals surface area contributed by atoms with Gasteiger partial charge >= 0.3 is 6.18 Å². The van der Waals surface area contributed by atoms with Crippen molar-refractivity contribution in [3.05, 3.63) is 56.2 Å². The second-order valence-corrected chi connectivity index (χ2v) is 5.24. The largest absolute Gasteiger partial charge is 0.417 e. The van der Waals surface area contributed by atoms with E-state index in [1.54, 1.807) is 11.4 Å². The molecule has 0 amide bonds. The zero-order valence-electron chi connectivity index (χ0n) is 8.79. The predicted octanol–water partition coefficient (Wildman–Crippen LogP) is 4.76. The van der Waals surface area contributed by atoms with Gasteiger partial charge in [0.15, 0.2) is 0 Å². The molecule has 1 nitrogen and oxygen atoms in total. The Hall–Kier alpha value is -1.14. The number of hydrogen-bond acceptors (Lipinski definition) is 2. The first-order valence-electron chi connectivity index (χ1n) is 4.85. The van der Waals surface area contributed by atoms with Gasteiger partial charge in [0.25, 0.3) is 0 Å². The van der Waals surface area contributed by atoms with Crippen molar-refractivity contribution in [2.24, 2.45) is 0 Å². The molecule has 0 unspecified atom stereocenters. The monoisotopic (exact) mass is 334 g/mol. The summed E-state index contributed by atoms with van der Waals surface area (Å²) in [6.45, 7) is 0. The highest BCUT2D eigenvalue weighted by Gasteiger charge is 2.35. The lowest BCUT2D eigenvalue weighted by Crippen LogP contribution is -2.13. The van der Waals surface area contributed by atoms with E-state index in [4.69, 9.17) is 0 Å². The number of rotatable bonds is 2. The third-order valence-electron chi connectivity index (χ3n) is 2.30. The van der Waals surface area contributed by atoms with Crippen LogP contribution in [0.15, 0.2) is 40.2 Å². The maximum Gasteiger partial charge on any atom is 0.417 e. The third kappa shape index (κ3) is 2.49. The van der Waals surface area contributed by atoms with Gasteiger partial charge in [0.1, 0.15) is 0 Å². The predicted molar refractivity (Wildman–Crippen MR) is 66.9 cm³/mol. The zero-order valence-corrected chi connectivity index (χ0v) is 11.2. The molecular weight excluding hydrogens is 329 g/mol. The van der Waals surface area contributed by atoms with Crippen LogP contribution in [0.3, 0.4) is 0 Å². The molecule has 0 atom stereocenters. The molecular formula is C12H6BrF3OS. The molecule has 0 N–H and O–H groups in total. The van der Waals surface area contributed by atoms with Crippen LogP contribution in [-0.4, -0.2) is 5.78 Å². The molecule has 0 saturated carbocycles. The van der Waals surface area contributed by atoms with E-state index in [1.165, 1.54) is 18.2 Å². The van der Waals surface area contributed by atoms with Gasteiger partial charge in [-0.05, 0) is 33.4 Å². The van der Waals surface area contributed by atoms with Crippen molar-refractivity contribution in [1.29, 1.82) is 0 Å². The number of alkyl halides is 3. The highest BCUT2D eigenvalue weighted by atomic mass is 79.9. The highest BCUT2D eigenvalue weighted by Crippen LogP contribution is 2.34. The van der Waals surface area contributed by atoms with E-state index in [0.29, 0.717) is 4.47 Å². The van der Waals surface area contributed by atoms with Crippen LogP contribution < -0.4 is 0 Å². The molecule has 6 heteroatoms.